The van der Waals surface area contributed by atoms with E-state index in [1.807, 2.05) is 6.92 Å². The standard InChI is InChI=1S/C15H14N2O5/c1-3-21-15(20)11-10-12(22-16-11)14(19)17(13(10)18)9-6-4-8(2)5-7-9/h4-7,10,12H,3H2,1-2H3/t10-,12+/m0/s1. The van der Waals surface area contributed by atoms with Crippen molar-refractivity contribution in [1.82, 2.24) is 0 Å². The molecule has 2 heterocycles. The molecule has 0 bridgehead atoms. The molecule has 1 saturated heterocycles. The third-order valence-electron chi connectivity index (χ3n) is 3.59. The Balaban J connectivity index is 1.91. The van der Waals surface area contributed by atoms with Gasteiger partial charge in [0, 0.05) is 0 Å². The van der Waals surface area contributed by atoms with Crippen molar-refractivity contribution < 1.29 is 24.0 Å². The largest absolute Gasteiger partial charge is 0.461 e. The van der Waals surface area contributed by atoms with Crippen molar-refractivity contribution in [1.29, 1.82) is 0 Å². The number of carbonyl (C=O) groups excluding carboxylic acids is 3. The summed E-state index contributed by atoms with van der Waals surface area (Å²) in [5.41, 5.74) is 1.30. The number of imide groups is 1. The lowest BCUT2D eigenvalue weighted by molar-refractivity contribution is -0.136. The van der Waals surface area contributed by atoms with Crippen LogP contribution in [0.2, 0.25) is 0 Å². The smallest absolute Gasteiger partial charge is 0.357 e. The van der Waals surface area contributed by atoms with Gasteiger partial charge in [0.25, 0.3) is 5.91 Å². The van der Waals surface area contributed by atoms with Gasteiger partial charge in [-0.25, -0.2) is 9.69 Å². The lowest BCUT2D eigenvalue weighted by atomic mass is 10.00. The van der Waals surface area contributed by atoms with Crippen LogP contribution in [0.1, 0.15) is 12.5 Å². The maximum absolute atomic E-state index is 12.5. The molecule has 2 amide bonds. The SMILES string of the molecule is CCOC(=O)C1=NO[C@H]2C(=O)N(c3ccc(C)cc3)C(=O)[C@@H]12. The molecule has 1 aromatic rings. The van der Waals surface area contributed by atoms with Gasteiger partial charge in [-0.05, 0) is 26.0 Å². The van der Waals surface area contributed by atoms with Crippen LogP contribution in [0, 0.1) is 12.8 Å². The highest BCUT2D eigenvalue weighted by Crippen LogP contribution is 2.33. The van der Waals surface area contributed by atoms with Crippen LogP contribution in [0.3, 0.4) is 0 Å². The van der Waals surface area contributed by atoms with Gasteiger partial charge in [-0.2, -0.15) is 0 Å². The minimum atomic E-state index is -1.09. The quantitative estimate of drug-likeness (QED) is 0.609. The van der Waals surface area contributed by atoms with Crippen LogP contribution in [0.4, 0.5) is 5.69 Å². The lowest BCUT2D eigenvalue weighted by Crippen LogP contribution is -2.35. The van der Waals surface area contributed by atoms with Crippen LogP contribution < -0.4 is 4.90 Å². The van der Waals surface area contributed by atoms with Crippen molar-refractivity contribution in [2.75, 3.05) is 11.5 Å². The first-order chi connectivity index (χ1) is 10.5. The van der Waals surface area contributed by atoms with E-state index in [4.69, 9.17) is 9.57 Å². The predicted octanol–water partition coefficient (Wildman–Crippen LogP) is 0.802. The van der Waals surface area contributed by atoms with Crippen LogP contribution >= 0.6 is 0 Å². The Morgan fingerprint density at radius 3 is 2.59 bits per heavy atom. The molecule has 3 rings (SSSR count). The Morgan fingerprint density at radius 2 is 1.95 bits per heavy atom. The average molecular weight is 302 g/mol. The summed E-state index contributed by atoms with van der Waals surface area (Å²) in [5, 5.41) is 3.56. The average Bonchev–Trinajstić information content (AvgIpc) is 3.03. The van der Waals surface area contributed by atoms with E-state index in [0.29, 0.717) is 5.69 Å². The van der Waals surface area contributed by atoms with Crippen molar-refractivity contribution in [2.45, 2.75) is 20.0 Å². The zero-order valence-electron chi connectivity index (χ0n) is 12.1. The van der Waals surface area contributed by atoms with Gasteiger partial charge in [0.2, 0.25) is 12.0 Å². The van der Waals surface area contributed by atoms with Crippen molar-refractivity contribution >= 4 is 29.2 Å². The van der Waals surface area contributed by atoms with Gasteiger partial charge in [-0.15, -0.1) is 0 Å². The van der Waals surface area contributed by atoms with Crippen molar-refractivity contribution in [2.24, 2.45) is 11.1 Å². The van der Waals surface area contributed by atoms with Crippen LogP contribution in [-0.4, -0.2) is 36.2 Å². The normalized spacial score (nSPS) is 23.2. The molecule has 0 N–H and O–H groups in total. The van der Waals surface area contributed by atoms with Crippen LogP contribution in [-0.2, 0) is 24.0 Å². The molecule has 0 unspecified atom stereocenters. The molecule has 0 aliphatic carbocycles. The first kappa shape index (κ1) is 14.2. The molecule has 7 nitrogen and oxygen atoms in total. The monoisotopic (exact) mass is 302 g/mol. The van der Waals surface area contributed by atoms with E-state index >= 15 is 0 Å². The van der Waals surface area contributed by atoms with Gasteiger partial charge >= 0.3 is 5.97 Å². The third kappa shape index (κ3) is 2.05. The zero-order valence-corrected chi connectivity index (χ0v) is 12.1. The van der Waals surface area contributed by atoms with E-state index in [1.54, 1.807) is 31.2 Å². The molecule has 114 valence electrons. The molecular formula is C15H14N2O5. The number of benzene rings is 1. The number of ether oxygens (including phenoxy) is 1. The fourth-order valence-electron chi connectivity index (χ4n) is 2.50. The highest BCUT2D eigenvalue weighted by molar-refractivity contribution is 6.46. The molecule has 0 saturated carbocycles. The summed E-state index contributed by atoms with van der Waals surface area (Å²) in [6.07, 6.45) is -1.09. The van der Waals surface area contributed by atoms with Crippen molar-refractivity contribution in [3.05, 3.63) is 29.8 Å². The van der Waals surface area contributed by atoms with Gasteiger partial charge in [0.05, 0.1) is 12.3 Å². The summed E-state index contributed by atoms with van der Waals surface area (Å²) in [5.74, 6) is -2.82. The number of rotatable bonds is 3. The van der Waals surface area contributed by atoms with E-state index in [2.05, 4.69) is 5.16 Å². The maximum atomic E-state index is 12.5. The Hall–Kier alpha value is -2.70. The number of aryl methyl sites for hydroxylation is 1. The highest BCUT2D eigenvalue weighted by Gasteiger charge is 2.58. The molecule has 1 fully saturated rings. The van der Waals surface area contributed by atoms with E-state index in [9.17, 15) is 14.4 Å². The molecule has 0 spiro atoms. The summed E-state index contributed by atoms with van der Waals surface area (Å²) in [4.78, 5) is 42.7. The van der Waals surface area contributed by atoms with E-state index < -0.39 is 29.8 Å². The summed E-state index contributed by atoms with van der Waals surface area (Å²) in [7, 11) is 0. The van der Waals surface area contributed by atoms with Crippen LogP contribution in [0.15, 0.2) is 29.4 Å². The predicted molar refractivity (Wildman–Crippen MR) is 76.1 cm³/mol. The Bertz CT molecular complexity index is 680. The molecule has 22 heavy (non-hydrogen) atoms. The second kappa shape index (κ2) is 5.25. The van der Waals surface area contributed by atoms with Gasteiger partial charge in [-0.3, -0.25) is 9.59 Å². The zero-order chi connectivity index (χ0) is 15.9. The van der Waals surface area contributed by atoms with Gasteiger partial charge < -0.3 is 9.57 Å². The molecule has 2 aliphatic rings. The number of amides is 2. The molecule has 7 heteroatoms. The van der Waals surface area contributed by atoms with Crippen molar-refractivity contribution in [3.63, 3.8) is 0 Å². The third-order valence-corrected chi connectivity index (χ3v) is 3.59. The first-order valence-electron chi connectivity index (χ1n) is 6.90. The fourth-order valence-corrected chi connectivity index (χ4v) is 2.50. The number of esters is 1. The molecule has 2 aliphatic heterocycles. The van der Waals surface area contributed by atoms with Crippen molar-refractivity contribution in [3.8, 4) is 0 Å². The first-order valence-corrected chi connectivity index (χ1v) is 6.90. The number of oxime groups is 1. The molecule has 0 radical (unpaired) electrons. The highest BCUT2D eigenvalue weighted by atomic mass is 16.7. The lowest BCUT2D eigenvalue weighted by Gasteiger charge is -2.15. The van der Waals surface area contributed by atoms with E-state index in [1.165, 1.54) is 0 Å². The Kier molecular flexibility index (Phi) is 3.40. The van der Waals surface area contributed by atoms with Gasteiger partial charge in [-0.1, -0.05) is 22.9 Å². The number of carbonyl (C=O) groups is 3. The summed E-state index contributed by atoms with van der Waals surface area (Å²) < 4.78 is 4.84. The second-order valence-corrected chi connectivity index (χ2v) is 5.05. The topological polar surface area (TPSA) is 85.3 Å². The molecular weight excluding hydrogens is 288 g/mol. The van der Waals surface area contributed by atoms with Crippen LogP contribution in [0.5, 0.6) is 0 Å². The number of nitrogens with zero attached hydrogens (tertiary/aromatic N) is 2. The molecule has 1 aromatic carbocycles. The Morgan fingerprint density at radius 1 is 1.27 bits per heavy atom. The van der Waals surface area contributed by atoms with E-state index in [-0.39, 0.29) is 12.3 Å². The minimum Gasteiger partial charge on any atom is -0.461 e. The van der Waals surface area contributed by atoms with Crippen LogP contribution in [0.25, 0.3) is 0 Å². The minimum absolute atomic E-state index is 0.152. The number of fused-ring (bicyclic) bond motifs is 1. The molecule has 2 atom stereocenters. The summed E-state index contributed by atoms with van der Waals surface area (Å²) in [6.45, 7) is 3.70. The van der Waals surface area contributed by atoms with E-state index in [0.717, 1.165) is 10.5 Å². The number of hydrogen-bond donors (Lipinski definition) is 0. The fraction of sp³-hybridized carbons (Fsp3) is 0.333. The second-order valence-electron chi connectivity index (χ2n) is 5.05. The Labute approximate surface area is 126 Å². The summed E-state index contributed by atoms with van der Waals surface area (Å²) >= 11 is 0. The van der Waals surface area contributed by atoms with Gasteiger partial charge in [0.15, 0.2) is 5.71 Å². The molecule has 0 aromatic heterocycles. The number of hydrogen-bond acceptors (Lipinski definition) is 6. The number of anilines is 1. The van der Waals surface area contributed by atoms with Gasteiger partial charge in [0.1, 0.15) is 5.92 Å². The summed E-state index contributed by atoms with van der Waals surface area (Å²) in [6, 6.07) is 6.94. The maximum Gasteiger partial charge on any atom is 0.357 e.